The van der Waals surface area contributed by atoms with Gasteiger partial charge in [-0.2, -0.15) is 0 Å². The first-order chi connectivity index (χ1) is 13.1. The Morgan fingerprint density at radius 1 is 1.07 bits per heavy atom. The Balaban J connectivity index is 1.83. The Hall–Kier alpha value is -2.43. The number of sulfonamides is 2. The molecule has 0 atom stereocenters. The van der Waals surface area contributed by atoms with Crippen LogP contribution < -0.4 is 9.62 Å². The number of benzene rings is 2. The first-order valence-electron chi connectivity index (χ1n) is 8.56. The molecule has 28 heavy (non-hydrogen) atoms. The number of para-hydroxylation sites is 1. The average molecular weight is 424 g/mol. The summed E-state index contributed by atoms with van der Waals surface area (Å²) >= 11 is 0. The highest BCUT2D eigenvalue weighted by Crippen LogP contribution is 2.26. The number of carbonyl (C=O) groups excluding carboxylic acids is 1. The third-order valence-electron chi connectivity index (χ3n) is 4.41. The maximum absolute atomic E-state index is 12.6. The zero-order valence-corrected chi connectivity index (χ0v) is 17.1. The maximum Gasteiger partial charge on any atom is 0.255 e. The van der Waals surface area contributed by atoms with Crippen LogP contribution >= 0.6 is 0 Å². The molecule has 2 aromatic rings. The van der Waals surface area contributed by atoms with Gasteiger partial charge in [-0.05, 0) is 42.8 Å². The standard InChI is InChI=1S/C18H21N3O5S2/c1-20(2)28(25,26)17-7-4-3-6-16(17)19-18(22)14-8-10-15(11-9-14)21-12-5-13-27(21,23)24/h3-4,6-11H,5,12-13H2,1-2H3,(H,19,22). The van der Waals surface area contributed by atoms with Gasteiger partial charge < -0.3 is 5.32 Å². The summed E-state index contributed by atoms with van der Waals surface area (Å²) in [4.78, 5) is 12.6. The summed E-state index contributed by atoms with van der Waals surface area (Å²) in [7, 11) is -4.18. The third kappa shape index (κ3) is 3.89. The van der Waals surface area contributed by atoms with Crippen LogP contribution in [0.2, 0.25) is 0 Å². The van der Waals surface area contributed by atoms with Crippen LogP contribution in [0, 0.1) is 0 Å². The second-order valence-corrected chi connectivity index (χ2v) is 10.7. The van der Waals surface area contributed by atoms with E-state index < -0.39 is 26.0 Å². The van der Waals surface area contributed by atoms with E-state index in [1.54, 1.807) is 24.3 Å². The zero-order chi connectivity index (χ0) is 20.5. The monoisotopic (exact) mass is 423 g/mol. The molecule has 1 aliphatic rings. The summed E-state index contributed by atoms with van der Waals surface area (Å²) in [6.07, 6.45) is 0.571. The molecule has 0 spiro atoms. The molecule has 1 saturated heterocycles. The lowest BCUT2D eigenvalue weighted by Crippen LogP contribution is -2.25. The van der Waals surface area contributed by atoms with Crippen molar-refractivity contribution in [1.82, 2.24) is 4.31 Å². The van der Waals surface area contributed by atoms with Gasteiger partial charge >= 0.3 is 0 Å². The zero-order valence-electron chi connectivity index (χ0n) is 15.5. The predicted molar refractivity (Wildman–Crippen MR) is 107 cm³/mol. The lowest BCUT2D eigenvalue weighted by atomic mass is 10.2. The number of hydrogen-bond acceptors (Lipinski definition) is 5. The maximum atomic E-state index is 12.6. The van der Waals surface area contributed by atoms with Gasteiger partial charge in [0.2, 0.25) is 20.0 Å². The van der Waals surface area contributed by atoms with Gasteiger partial charge in [0.05, 0.1) is 17.1 Å². The topological polar surface area (TPSA) is 104 Å². The third-order valence-corrected chi connectivity index (χ3v) is 8.15. The van der Waals surface area contributed by atoms with Crippen molar-refractivity contribution in [3.63, 3.8) is 0 Å². The number of hydrogen-bond donors (Lipinski definition) is 1. The van der Waals surface area contributed by atoms with Crippen LogP contribution in [0.1, 0.15) is 16.8 Å². The minimum atomic E-state index is -3.72. The fourth-order valence-electron chi connectivity index (χ4n) is 2.89. The van der Waals surface area contributed by atoms with E-state index >= 15 is 0 Å². The van der Waals surface area contributed by atoms with Crippen molar-refractivity contribution < 1.29 is 21.6 Å². The average Bonchev–Trinajstić information content (AvgIpc) is 3.01. The molecule has 1 heterocycles. The second-order valence-electron chi connectivity index (χ2n) is 6.53. The molecular formula is C18H21N3O5S2. The highest BCUT2D eigenvalue weighted by atomic mass is 32.2. The van der Waals surface area contributed by atoms with Crippen molar-refractivity contribution >= 4 is 37.3 Å². The second kappa shape index (κ2) is 7.53. The summed E-state index contributed by atoms with van der Waals surface area (Å²) < 4.78 is 51.3. The van der Waals surface area contributed by atoms with Crippen molar-refractivity contribution in [2.45, 2.75) is 11.3 Å². The van der Waals surface area contributed by atoms with Crippen molar-refractivity contribution in [3.8, 4) is 0 Å². The normalized spacial score (nSPS) is 16.3. The van der Waals surface area contributed by atoms with Crippen molar-refractivity contribution in [2.75, 3.05) is 36.0 Å². The molecule has 2 aromatic carbocycles. The Bertz CT molecular complexity index is 1090. The lowest BCUT2D eigenvalue weighted by molar-refractivity contribution is 0.102. The Morgan fingerprint density at radius 3 is 2.29 bits per heavy atom. The first-order valence-corrected chi connectivity index (χ1v) is 11.6. The highest BCUT2D eigenvalue weighted by Gasteiger charge is 2.28. The van der Waals surface area contributed by atoms with E-state index in [2.05, 4.69) is 5.32 Å². The van der Waals surface area contributed by atoms with E-state index in [1.807, 2.05) is 0 Å². The quantitative estimate of drug-likeness (QED) is 0.789. The molecular weight excluding hydrogens is 402 g/mol. The van der Waals surface area contributed by atoms with E-state index in [0.717, 1.165) is 4.31 Å². The molecule has 1 fully saturated rings. The number of amides is 1. The smallest absolute Gasteiger partial charge is 0.255 e. The van der Waals surface area contributed by atoms with Gasteiger partial charge in [-0.3, -0.25) is 9.10 Å². The molecule has 1 amide bonds. The number of anilines is 2. The van der Waals surface area contributed by atoms with Crippen LogP contribution in [0.4, 0.5) is 11.4 Å². The van der Waals surface area contributed by atoms with Crippen molar-refractivity contribution in [2.24, 2.45) is 0 Å². The molecule has 0 bridgehead atoms. The minimum Gasteiger partial charge on any atom is -0.321 e. The van der Waals surface area contributed by atoms with Crippen LogP contribution in [-0.4, -0.2) is 53.4 Å². The van der Waals surface area contributed by atoms with Gasteiger partial charge in [0.1, 0.15) is 4.90 Å². The molecule has 0 unspecified atom stereocenters. The molecule has 0 aliphatic carbocycles. The van der Waals surface area contributed by atoms with Crippen LogP contribution in [0.3, 0.4) is 0 Å². The molecule has 150 valence electrons. The van der Waals surface area contributed by atoms with Crippen LogP contribution in [0.15, 0.2) is 53.4 Å². The fraction of sp³-hybridized carbons (Fsp3) is 0.278. The van der Waals surface area contributed by atoms with Crippen molar-refractivity contribution in [1.29, 1.82) is 0 Å². The Morgan fingerprint density at radius 2 is 1.71 bits per heavy atom. The van der Waals surface area contributed by atoms with E-state index in [-0.39, 0.29) is 21.9 Å². The molecule has 0 radical (unpaired) electrons. The number of rotatable bonds is 5. The van der Waals surface area contributed by atoms with Crippen LogP contribution in [0.5, 0.6) is 0 Å². The molecule has 10 heteroatoms. The Kier molecular flexibility index (Phi) is 5.46. The van der Waals surface area contributed by atoms with Gasteiger partial charge in [0.25, 0.3) is 5.91 Å². The van der Waals surface area contributed by atoms with Gasteiger partial charge in [0, 0.05) is 26.2 Å². The molecule has 0 aromatic heterocycles. The summed E-state index contributed by atoms with van der Waals surface area (Å²) in [6.45, 7) is 0.420. The summed E-state index contributed by atoms with van der Waals surface area (Å²) in [5.41, 5.74) is 0.967. The van der Waals surface area contributed by atoms with E-state index in [4.69, 9.17) is 0 Å². The van der Waals surface area contributed by atoms with E-state index in [1.165, 1.54) is 42.7 Å². The van der Waals surface area contributed by atoms with E-state index in [0.29, 0.717) is 18.7 Å². The number of nitrogens with one attached hydrogen (secondary N) is 1. The SMILES string of the molecule is CN(C)S(=O)(=O)c1ccccc1NC(=O)c1ccc(N2CCCS2(=O)=O)cc1. The Labute approximate surface area is 164 Å². The predicted octanol–water partition coefficient (Wildman–Crippen LogP) is 1.73. The van der Waals surface area contributed by atoms with Gasteiger partial charge in [-0.1, -0.05) is 12.1 Å². The molecule has 1 aliphatic heterocycles. The van der Waals surface area contributed by atoms with Gasteiger partial charge in [0.15, 0.2) is 0 Å². The molecule has 3 rings (SSSR count). The highest BCUT2D eigenvalue weighted by molar-refractivity contribution is 7.93. The summed E-state index contributed by atoms with van der Waals surface area (Å²) in [5.74, 6) is -0.371. The number of nitrogens with zero attached hydrogens (tertiary/aromatic N) is 2. The number of carbonyl (C=O) groups is 1. The summed E-state index contributed by atoms with van der Waals surface area (Å²) in [5, 5.41) is 2.62. The van der Waals surface area contributed by atoms with Crippen LogP contribution in [0.25, 0.3) is 0 Å². The molecule has 1 N–H and O–H groups in total. The fourth-order valence-corrected chi connectivity index (χ4v) is 5.50. The van der Waals surface area contributed by atoms with E-state index in [9.17, 15) is 21.6 Å². The first kappa shape index (κ1) is 20.3. The minimum absolute atomic E-state index is 0.00636. The van der Waals surface area contributed by atoms with Gasteiger partial charge in [-0.15, -0.1) is 0 Å². The van der Waals surface area contributed by atoms with Crippen molar-refractivity contribution in [3.05, 3.63) is 54.1 Å². The molecule has 8 nitrogen and oxygen atoms in total. The lowest BCUT2D eigenvalue weighted by Gasteiger charge is -2.17. The largest absolute Gasteiger partial charge is 0.321 e. The van der Waals surface area contributed by atoms with Crippen LogP contribution in [-0.2, 0) is 20.0 Å². The summed E-state index contributed by atoms with van der Waals surface area (Å²) in [6, 6.07) is 12.3. The van der Waals surface area contributed by atoms with Gasteiger partial charge in [-0.25, -0.2) is 21.1 Å². The molecule has 0 saturated carbocycles.